The second kappa shape index (κ2) is 13.7. The molecule has 0 saturated carbocycles. The lowest BCUT2D eigenvalue weighted by Gasteiger charge is -2.04. The van der Waals surface area contributed by atoms with Crippen molar-refractivity contribution < 1.29 is 29.7 Å². The summed E-state index contributed by atoms with van der Waals surface area (Å²) in [7, 11) is 0. The molecule has 27 heavy (non-hydrogen) atoms. The molecule has 0 unspecified atom stereocenters. The molecule has 0 spiro atoms. The zero-order chi connectivity index (χ0) is 20.8. The minimum absolute atomic E-state index is 0.0966. The molecule has 0 aliphatic carbocycles. The third-order valence-electron chi connectivity index (χ3n) is 3.88. The Morgan fingerprint density at radius 1 is 0.815 bits per heavy atom. The Kier molecular flexibility index (Phi) is 12.5. The topological polar surface area (TPSA) is 164 Å². The van der Waals surface area contributed by atoms with Gasteiger partial charge < -0.3 is 26.8 Å². The van der Waals surface area contributed by atoms with Crippen molar-refractivity contribution in [2.45, 2.75) is 64.5 Å². The minimum Gasteiger partial charge on any atom is -0.478 e. The van der Waals surface area contributed by atoms with Crippen molar-refractivity contribution in [2.24, 2.45) is 11.5 Å². The first-order chi connectivity index (χ1) is 12.7. The zero-order valence-corrected chi connectivity index (χ0v) is 15.7. The number of hydrogen-bond acceptors (Lipinski definition) is 5. The first kappa shape index (κ1) is 24.6. The number of nitrogens with two attached hydrogens (primary N) is 2. The summed E-state index contributed by atoms with van der Waals surface area (Å²) in [4.78, 5) is 32.0. The summed E-state index contributed by atoms with van der Waals surface area (Å²) in [5.41, 5.74) is 9.08. The standard InChI is InChI=1S/C10H24N2.C9H6O6/c1-2-3-4-5-6-7-8-9-10(11)12;10-7(11)4-2-1-3-5(8(12)13)6(4)9(14)15/h10H,2-9,11-12H2,1H3;1-3H,(H,10,11)(H,12,13)(H,14,15). The van der Waals surface area contributed by atoms with Crippen LogP contribution in [0.4, 0.5) is 0 Å². The highest BCUT2D eigenvalue weighted by Gasteiger charge is 2.23. The third-order valence-corrected chi connectivity index (χ3v) is 3.88. The Morgan fingerprint density at radius 2 is 1.26 bits per heavy atom. The molecular weight excluding hydrogens is 352 g/mol. The Morgan fingerprint density at radius 3 is 1.63 bits per heavy atom. The molecule has 0 aliphatic heterocycles. The maximum atomic E-state index is 10.7. The highest BCUT2D eigenvalue weighted by atomic mass is 16.4. The molecule has 7 N–H and O–H groups in total. The van der Waals surface area contributed by atoms with Crippen LogP contribution in [0, 0.1) is 0 Å². The van der Waals surface area contributed by atoms with Gasteiger partial charge in [-0.2, -0.15) is 0 Å². The summed E-state index contributed by atoms with van der Waals surface area (Å²) in [6.07, 6.45) is 10.2. The van der Waals surface area contributed by atoms with Crippen LogP contribution in [0.1, 0.15) is 89.4 Å². The zero-order valence-electron chi connectivity index (χ0n) is 15.7. The van der Waals surface area contributed by atoms with E-state index in [1.54, 1.807) is 0 Å². The minimum atomic E-state index is -1.58. The van der Waals surface area contributed by atoms with Crippen LogP contribution in [0.15, 0.2) is 18.2 Å². The molecule has 0 bridgehead atoms. The lowest BCUT2D eigenvalue weighted by Crippen LogP contribution is -2.29. The van der Waals surface area contributed by atoms with E-state index in [4.69, 9.17) is 26.8 Å². The fraction of sp³-hybridized carbons (Fsp3) is 0.526. The van der Waals surface area contributed by atoms with Crippen LogP contribution in [0.3, 0.4) is 0 Å². The fourth-order valence-electron chi connectivity index (χ4n) is 2.48. The summed E-state index contributed by atoms with van der Waals surface area (Å²) < 4.78 is 0. The van der Waals surface area contributed by atoms with E-state index in [0.29, 0.717) is 0 Å². The van der Waals surface area contributed by atoms with Gasteiger partial charge in [-0.1, -0.05) is 57.9 Å². The van der Waals surface area contributed by atoms with Gasteiger partial charge in [0.1, 0.15) is 0 Å². The van der Waals surface area contributed by atoms with E-state index in [1.807, 2.05) is 0 Å². The summed E-state index contributed by atoms with van der Waals surface area (Å²) in [5, 5.41) is 26.0. The Bertz CT molecular complexity index is 584. The molecule has 8 heteroatoms. The lowest BCUT2D eigenvalue weighted by atomic mass is 10.0. The monoisotopic (exact) mass is 382 g/mol. The normalized spacial score (nSPS) is 10.2. The SMILES string of the molecule is CCCCCCCCCC(N)N.O=C(O)c1cccc(C(=O)O)c1C(=O)O. The predicted molar refractivity (Wildman–Crippen MR) is 102 cm³/mol. The van der Waals surface area contributed by atoms with Crippen molar-refractivity contribution in [3.63, 3.8) is 0 Å². The van der Waals surface area contributed by atoms with Crippen LogP contribution in [-0.4, -0.2) is 39.4 Å². The number of carboxylic acids is 3. The molecule has 0 aliphatic rings. The van der Waals surface area contributed by atoms with Gasteiger partial charge in [0.2, 0.25) is 0 Å². The van der Waals surface area contributed by atoms with Crippen LogP contribution in [0.5, 0.6) is 0 Å². The Balaban J connectivity index is 0.000000516. The number of aromatic carboxylic acids is 3. The average Bonchev–Trinajstić information content (AvgIpc) is 2.60. The second-order valence-corrected chi connectivity index (χ2v) is 6.22. The first-order valence-corrected chi connectivity index (χ1v) is 9.06. The predicted octanol–water partition coefficient (Wildman–Crippen LogP) is 3.15. The molecule has 0 amide bonds. The van der Waals surface area contributed by atoms with Crippen molar-refractivity contribution in [3.8, 4) is 0 Å². The number of carboxylic acid groups (broad SMARTS) is 3. The fourth-order valence-corrected chi connectivity index (χ4v) is 2.48. The van der Waals surface area contributed by atoms with E-state index in [2.05, 4.69) is 6.92 Å². The van der Waals surface area contributed by atoms with Crippen LogP contribution >= 0.6 is 0 Å². The van der Waals surface area contributed by atoms with E-state index in [9.17, 15) is 14.4 Å². The van der Waals surface area contributed by atoms with Gasteiger partial charge in [-0.05, 0) is 18.6 Å². The van der Waals surface area contributed by atoms with Crippen molar-refractivity contribution in [3.05, 3.63) is 34.9 Å². The van der Waals surface area contributed by atoms with Gasteiger partial charge in [-0.25, -0.2) is 14.4 Å². The molecule has 1 rings (SSSR count). The van der Waals surface area contributed by atoms with E-state index < -0.39 is 34.6 Å². The van der Waals surface area contributed by atoms with Gasteiger partial charge in [0, 0.05) is 0 Å². The molecule has 8 nitrogen and oxygen atoms in total. The molecular formula is C19H30N2O6. The largest absolute Gasteiger partial charge is 0.478 e. The summed E-state index contributed by atoms with van der Waals surface area (Å²) in [6, 6.07) is 3.26. The molecule has 152 valence electrons. The Labute approximate surface area is 159 Å². The molecule has 0 radical (unpaired) electrons. The van der Waals surface area contributed by atoms with Gasteiger partial charge in [-0.3, -0.25) is 0 Å². The van der Waals surface area contributed by atoms with E-state index in [1.165, 1.54) is 51.0 Å². The lowest BCUT2D eigenvalue weighted by molar-refractivity contribution is 0.0633. The molecule has 0 fully saturated rings. The van der Waals surface area contributed by atoms with Crippen LogP contribution in [-0.2, 0) is 0 Å². The smallest absolute Gasteiger partial charge is 0.337 e. The number of benzene rings is 1. The molecule has 1 aromatic rings. The van der Waals surface area contributed by atoms with E-state index in [0.717, 1.165) is 18.6 Å². The van der Waals surface area contributed by atoms with Crippen LogP contribution in [0.25, 0.3) is 0 Å². The van der Waals surface area contributed by atoms with Crippen molar-refractivity contribution >= 4 is 17.9 Å². The van der Waals surface area contributed by atoms with Crippen molar-refractivity contribution in [1.29, 1.82) is 0 Å². The quantitative estimate of drug-likeness (QED) is 0.288. The summed E-state index contributed by atoms with van der Waals surface area (Å²) >= 11 is 0. The van der Waals surface area contributed by atoms with Gasteiger partial charge in [-0.15, -0.1) is 0 Å². The van der Waals surface area contributed by atoms with Gasteiger partial charge in [0.25, 0.3) is 0 Å². The molecule has 0 atom stereocenters. The van der Waals surface area contributed by atoms with Gasteiger partial charge >= 0.3 is 17.9 Å². The number of unbranched alkanes of at least 4 members (excludes halogenated alkanes) is 6. The van der Waals surface area contributed by atoms with Gasteiger partial charge in [0.15, 0.2) is 0 Å². The third kappa shape index (κ3) is 10.3. The van der Waals surface area contributed by atoms with Gasteiger partial charge in [0.05, 0.1) is 22.9 Å². The van der Waals surface area contributed by atoms with Crippen molar-refractivity contribution in [2.75, 3.05) is 0 Å². The van der Waals surface area contributed by atoms with E-state index in [-0.39, 0.29) is 6.17 Å². The molecule has 0 aromatic heterocycles. The average molecular weight is 382 g/mol. The maximum absolute atomic E-state index is 10.7. The number of rotatable bonds is 11. The molecule has 0 heterocycles. The van der Waals surface area contributed by atoms with E-state index >= 15 is 0 Å². The molecule has 1 aromatic carbocycles. The summed E-state index contributed by atoms with van der Waals surface area (Å²) in [5.74, 6) is -4.53. The van der Waals surface area contributed by atoms with Crippen LogP contribution in [0.2, 0.25) is 0 Å². The highest BCUT2D eigenvalue weighted by molar-refractivity contribution is 6.08. The molecule has 0 saturated heterocycles. The second-order valence-electron chi connectivity index (χ2n) is 6.22. The van der Waals surface area contributed by atoms with Crippen LogP contribution < -0.4 is 11.5 Å². The highest BCUT2D eigenvalue weighted by Crippen LogP contribution is 2.15. The van der Waals surface area contributed by atoms with Crippen molar-refractivity contribution in [1.82, 2.24) is 0 Å². The number of carbonyl (C=O) groups is 3. The Hall–Kier alpha value is -2.45. The first-order valence-electron chi connectivity index (χ1n) is 9.06. The summed E-state index contributed by atoms with van der Waals surface area (Å²) in [6.45, 7) is 2.24. The maximum Gasteiger partial charge on any atom is 0.337 e. The number of hydrogen-bond donors (Lipinski definition) is 5.